The standard InChI is InChI=1S/C22H29N3O5/c26-21(24-13-5-7-16-6-1-2-8-19(16)24)15-30-22(27)18-14-17(25(28)29)9-10-20(18)23-11-3-4-12-23/h9-10,14,16,19H,1-8,11-13,15H2/t16-,19-/m0/s1. The molecule has 0 N–H and O–H groups in total. The van der Waals surface area contributed by atoms with Crippen LogP contribution >= 0.6 is 0 Å². The molecule has 2 aliphatic heterocycles. The molecule has 8 nitrogen and oxygen atoms in total. The van der Waals surface area contributed by atoms with Crippen LogP contribution in [0.3, 0.4) is 0 Å². The van der Waals surface area contributed by atoms with Gasteiger partial charge in [0, 0.05) is 37.8 Å². The van der Waals surface area contributed by atoms with E-state index in [-0.39, 0.29) is 29.8 Å². The maximum Gasteiger partial charge on any atom is 0.341 e. The fraction of sp³-hybridized carbons (Fsp3) is 0.636. The van der Waals surface area contributed by atoms with Crippen LogP contribution in [0.25, 0.3) is 0 Å². The smallest absolute Gasteiger partial charge is 0.341 e. The normalized spacial score (nSPS) is 23.7. The maximum absolute atomic E-state index is 12.8. The minimum atomic E-state index is -0.675. The molecule has 2 heterocycles. The molecule has 1 aliphatic carbocycles. The van der Waals surface area contributed by atoms with Crippen LogP contribution in [0.15, 0.2) is 18.2 Å². The number of non-ortho nitro benzene ring substituents is 1. The average Bonchev–Trinajstić information content (AvgIpc) is 3.31. The van der Waals surface area contributed by atoms with E-state index >= 15 is 0 Å². The van der Waals surface area contributed by atoms with Gasteiger partial charge in [0.15, 0.2) is 6.61 Å². The summed E-state index contributed by atoms with van der Waals surface area (Å²) in [6, 6.07) is 4.54. The van der Waals surface area contributed by atoms with Crippen molar-refractivity contribution in [3.8, 4) is 0 Å². The third-order valence-corrected chi connectivity index (χ3v) is 6.75. The Bertz CT molecular complexity index is 819. The van der Waals surface area contributed by atoms with E-state index < -0.39 is 10.9 Å². The van der Waals surface area contributed by atoms with Gasteiger partial charge in [-0.25, -0.2) is 4.79 Å². The predicted molar refractivity (Wildman–Crippen MR) is 112 cm³/mol. The number of ether oxygens (including phenoxy) is 1. The molecule has 1 saturated carbocycles. The highest BCUT2D eigenvalue weighted by Gasteiger charge is 2.36. The van der Waals surface area contributed by atoms with Gasteiger partial charge in [0.05, 0.1) is 16.2 Å². The zero-order valence-electron chi connectivity index (χ0n) is 17.3. The highest BCUT2D eigenvalue weighted by Crippen LogP contribution is 2.35. The van der Waals surface area contributed by atoms with Crippen molar-refractivity contribution in [2.75, 3.05) is 31.1 Å². The lowest BCUT2D eigenvalue weighted by Gasteiger charge is -2.44. The molecule has 2 atom stereocenters. The SMILES string of the molecule is O=C(OCC(=O)N1CCC[C@@H]2CCCC[C@@H]21)c1cc([N+](=O)[O-])ccc1N1CCCC1. The van der Waals surface area contributed by atoms with Crippen molar-refractivity contribution < 1.29 is 19.2 Å². The third kappa shape index (κ3) is 4.27. The van der Waals surface area contributed by atoms with E-state index in [4.69, 9.17) is 4.74 Å². The highest BCUT2D eigenvalue weighted by atomic mass is 16.6. The number of rotatable bonds is 5. The van der Waals surface area contributed by atoms with Gasteiger partial charge in [0.1, 0.15) is 0 Å². The molecule has 0 bridgehead atoms. The summed E-state index contributed by atoms with van der Waals surface area (Å²) in [6.45, 7) is 2.00. The molecule has 0 aromatic heterocycles. The Balaban J connectivity index is 1.46. The first-order valence-corrected chi connectivity index (χ1v) is 11.0. The molecule has 3 fully saturated rings. The molecule has 1 aromatic carbocycles. The maximum atomic E-state index is 12.8. The summed E-state index contributed by atoms with van der Waals surface area (Å²) in [5, 5.41) is 11.2. The van der Waals surface area contributed by atoms with Crippen LogP contribution in [0.2, 0.25) is 0 Å². The lowest BCUT2D eigenvalue weighted by atomic mass is 9.78. The lowest BCUT2D eigenvalue weighted by molar-refractivity contribution is -0.384. The van der Waals surface area contributed by atoms with Gasteiger partial charge in [-0.1, -0.05) is 12.8 Å². The number of fused-ring (bicyclic) bond motifs is 1. The van der Waals surface area contributed by atoms with Gasteiger partial charge in [-0.2, -0.15) is 0 Å². The molecule has 0 spiro atoms. The van der Waals surface area contributed by atoms with E-state index in [1.54, 1.807) is 6.07 Å². The number of esters is 1. The summed E-state index contributed by atoms with van der Waals surface area (Å²) in [7, 11) is 0. The van der Waals surface area contributed by atoms with Crippen molar-refractivity contribution in [1.29, 1.82) is 0 Å². The number of piperidine rings is 1. The summed E-state index contributed by atoms with van der Waals surface area (Å²) in [4.78, 5) is 40.3. The number of carbonyl (C=O) groups excluding carboxylic acids is 2. The molecule has 2 saturated heterocycles. The number of nitro groups is 1. The van der Waals surface area contributed by atoms with Gasteiger partial charge >= 0.3 is 5.97 Å². The van der Waals surface area contributed by atoms with Crippen molar-refractivity contribution in [1.82, 2.24) is 4.90 Å². The number of carbonyl (C=O) groups is 2. The molecule has 8 heteroatoms. The first-order valence-electron chi connectivity index (χ1n) is 11.0. The molecular formula is C22H29N3O5. The first kappa shape index (κ1) is 20.6. The molecular weight excluding hydrogens is 386 g/mol. The number of likely N-dealkylation sites (tertiary alicyclic amines) is 1. The van der Waals surface area contributed by atoms with Crippen molar-refractivity contribution in [2.45, 2.75) is 57.4 Å². The summed E-state index contributed by atoms with van der Waals surface area (Å²) in [6.07, 6.45) is 8.74. The van der Waals surface area contributed by atoms with Gasteiger partial charge < -0.3 is 14.5 Å². The second kappa shape index (κ2) is 9.02. The van der Waals surface area contributed by atoms with Crippen LogP contribution in [0.1, 0.15) is 61.7 Å². The molecule has 4 rings (SSSR count). The van der Waals surface area contributed by atoms with Crippen LogP contribution in [-0.2, 0) is 9.53 Å². The fourth-order valence-corrected chi connectivity index (χ4v) is 5.26. The van der Waals surface area contributed by atoms with Gasteiger partial charge in [0.2, 0.25) is 0 Å². The predicted octanol–water partition coefficient (Wildman–Crippen LogP) is 3.53. The largest absolute Gasteiger partial charge is 0.452 e. The van der Waals surface area contributed by atoms with Crippen molar-refractivity contribution in [3.63, 3.8) is 0 Å². The quantitative estimate of drug-likeness (QED) is 0.415. The average molecular weight is 415 g/mol. The van der Waals surface area contributed by atoms with Gasteiger partial charge in [0.25, 0.3) is 11.6 Å². The summed E-state index contributed by atoms with van der Waals surface area (Å²) >= 11 is 0. The minimum Gasteiger partial charge on any atom is -0.452 e. The Hall–Kier alpha value is -2.64. The monoisotopic (exact) mass is 415 g/mol. The van der Waals surface area contributed by atoms with E-state index in [1.807, 2.05) is 9.80 Å². The van der Waals surface area contributed by atoms with Crippen molar-refractivity contribution in [3.05, 3.63) is 33.9 Å². The van der Waals surface area contributed by atoms with Crippen molar-refractivity contribution >= 4 is 23.3 Å². The summed E-state index contributed by atoms with van der Waals surface area (Å²) in [5.74, 6) is -0.273. The van der Waals surface area contributed by atoms with Crippen LogP contribution in [0, 0.1) is 16.0 Å². The third-order valence-electron chi connectivity index (χ3n) is 6.75. The topological polar surface area (TPSA) is 93.0 Å². The zero-order chi connectivity index (χ0) is 21.1. The molecule has 3 aliphatic rings. The van der Waals surface area contributed by atoms with E-state index in [9.17, 15) is 19.7 Å². The van der Waals surface area contributed by atoms with Crippen molar-refractivity contribution in [2.24, 2.45) is 5.92 Å². The summed E-state index contributed by atoms with van der Waals surface area (Å²) < 4.78 is 5.38. The Morgan fingerprint density at radius 1 is 1.03 bits per heavy atom. The summed E-state index contributed by atoms with van der Waals surface area (Å²) in [5.41, 5.74) is 0.645. The van der Waals surface area contributed by atoms with E-state index in [1.165, 1.54) is 31.4 Å². The van der Waals surface area contributed by atoms with Gasteiger partial charge in [-0.3, -0.25) is 14.9 Å². The molecule has 0 radical (unpaired) electrons. The molecule has 1 amide bonds. The molecule has 162 valence electrons. The number of anilines is 1. The minimum absolute atomic E-state index is 0.155. The van der Waals surface area contributed by atoms with Crippen LogP contribution in [-0.4, -0.2) is 54.0 Å². The number of amides is 1. The Kier molecular flexibility index (Phi) is 6.20. The number of benzene rings is 1. The second-order valence-electron chi connectivity index (χ2n) is 8.57. The Morgan fingerprint density at radius 3 is 2.53 bits per heavy atom. The highest BCUT2D eigenvalue weighted by molar-refractivity contribution is 5.97. The van der Waals surface area contributed by atoms with Gasteiger partial charge in [-0.05, 0) is 50.5 Å². The molecule has 30 heavy (non-hydrogen) atoms. The number of nitro benzene ring substituents is 1. The zero-order valence-corrected chi connectivity index (χ0v) is 17.3. The number of hydrogen-bond donors (Lipinski definition) is 0. The van der Waals surface area contributed by atoms with E-state index in [0.29, 0.717) is 18.2 Å². The van der Waals surface area contributed by atoms with Crippen LogP contribution < -0.4 is 4.90 Å². The van der Waals surface area contributed by atoms with Gasteiger partial charge in [-0.15, -0.1) is 0 Å². The Morgan fingerprint density at radius 2 is 1.77 bits per heavy atom. The first-order chi connectivity index (χ1) is 14.5. The van der Waals surface area contributed by atoms with Crippen LogP contribution in [0.4, 0.5) is 11.4 Å². The molecule has 1 aromatic rings. The van der Waals surface area contributed by atoms with Crippen LogP contribution in [0.5, 0.6) is 0 Å². The van der Waals surface area contributed by atoms with E-state index in [0.717, 1.165) is 45.2 Å². The Labute approximate surface area is 176 Å². The van der Waals surface area contributed by atoms with E-state index in [2.05, 4.69) is 0 Å². The molecule has 0 unspecified atom stereocenters. The number of hydrogen-bond acceptors (Lipinski definition) is 6. The lowest BCUT2D eigenvalue weighted by Crippen LogP contribution is -2.50. The number of nitrogens with zero attached hydrogens (tertiary/aromatic N) is 3. The fourth-order valence-electron chi connectivity index (χ4n) is 5.26. The second-order valence-corrected chi connectivity index (χ2v) is 8.57.